The lowest BCUT2D eigenvalue weighted by molar-refractivity contribution is -0.130. The van der Waals surface area contributed by atoms with Crippen molar-refractivity contribution in [3.8, 4) is 11.5 Å². The number of ether oxygens (including phenoxy) is 2. The highest BCUT2D eigenvalue weighted by atomic mass is 16.6. The number of hydrogen-bond acceptors (Lipinski definition) is 4. The molecule has 0 fully saturated rings. The van der Waals surface area contributed by atoms with Gasteiger partial charge in [-0.3, -0.25) is 4.79 Å². The molecule has 1 aliphatic heterocycles. The molecular weight excluding hydrogens is 304 g/mol. The van der Waals surface area contributed by atoms with Gasteiger partial charge in [0.2, 0.25) is 5.91 Å². The first-order valence-electron chi connectivity index (χ1n) is 8.14. The number of amides is 1. The molecule has 0 spiro atoms. The lowest BCUT2D eigenvalue weighted by atomic mass is 10.2. The van der Waals surface area contributed by atoms with E-state index in [1.807, 2.05) is 55.6 Å². The van der Waals surface area contributed by atoms with Gasteiger partial charge in [0, 0.05) is 38.3 Å². The third-order valence-corrected chi connectivity index (χ3v) is 3.90. The van der Waals surface area contributed by atoms with Crippen molar-refractivity contribution in [1.82, 2.24) is 4.90 Å². The van der Waals surface area contributed by atoms with Crippen molar-refractivity contribution in [3.63, 3.8) is 0 Å². The summed E-state index contributed by atoms with van der Waals surface area (Å²) in [6, 6.07) is 15.7. The van der Waals surface area contributed by atoms with Crippen LogP contribution in [-0.2, 0) is 11.3 Å². The summed E-state index contributed by atoms with van der Waals surface area (Å²) in [5.41, 5.74) is 2.06. The average molecular weight is 326 g/mol. The Hall–Kier alpha value is -2.69. The number of hydrogen-bond donors (Lipinski definition) is 1. The fourth-order valence-electron chi connectivity index (χ4n) is 2.60. The zero-order valence-corrected chi connectivity index (χ0v) is 13.8. The summed E-state index contributed by atoms with van der Waals surface area (Å²) in [7, 11) is 1.83. The number of nitrogens with zero attached hydrogens (tertiary/aromatic N) is 1. The average Bonchev–Trinajstić information content (AvgIpc) is 2.62. The molecule has 1 heterocycles. The summed E-state index contributed by atoms with van der Waals surface area (Å²) in [4.78, 5) is 14.0. The van der Waals surface area contributed by atoms with Crippen LogP contribution in [0.5, 0.6) is 11.5 Å². The van der Waals surface area contributed by atoms with Gasteiger partial charge >= 0.3 is 0 Å². The quantitative estimate of drug-likeness (QED) is 0.887. The summed E-state index contributed by atoms with van der Waals surface area (Å²) in [5, 5.41) is 3.26. The molecule has 5 heteroatoms. The van der Waals surface area contributed by atoms with E-state index in [0.29, 0.717) is 32.7 Å². The van der Waals surface area contributed by atoms with Crippen molar-refractivity contribution in [2.45, 2.75) is 13.0 Å². The van der Waals surface area contributed by atoms with E-state index < -0.39 is 0 Å². The van der Waals surface area contributed by atoms with Crippen molar-refractivity contribution in [3.05, 3.63) is 54.1 Å². The first kappa shape index (κ1) is 16.2. The van der Waals surface area contributed by atoms with Crippen LogP contribution < -0.4 is 14.8 Å². The molecule has 0 saturated heterocycles. The minimum atomic E-state index is 0.115. The first-order valence-corrected chi connectivity index (χ1v) is 8.14. The van der Waals surface area contributed by atoms with Crippen LogP contribution in [0.25, 0.3) is 0 Å². The molecule has 24 heavy (non-hydrogen) atoms. The number of anilines is 1. The summed E-state index contributed by atoms with van der Waals surface area (Å²) in [6.07, 6.45) is 0.442. The van der Waals surface area contributed by atoms with Crippen LogP contribution in [0.3, 0.4) is 0 Å². The van der Waals surface area contributed by atoms with Gasteiger partial charge in [0.1, 0.15) is 13.2 Å². The Morgan fingerprint density at radius 3 is 2.62 bits per heavy atom. The lowest BCUT2D eigenvalue weighted by Crippen LogP contribution is -2.27. The van der Waals surface area contributed by atoms with Crippen LogP contribution in [0.2, 0.25) is 0 Å². The molecule has 1 aliphatic rings. The van der Waals surface area contributed by atoms with Gasteiger partial charge in [-0.25, -0.2) is 0 Å². The summed E-state index contributed by atoms with van der Waals surface area (Å²) < 4.78 is 11.1. The second kappa shape index (κ2) is 7.73. The van der Waals surface area contributed by atoms with Crippen molar-refractivity contribution >= 4 is 11.6 Å². The van der Waals surface area contributed by atoms with Crippen LogP contribution in [0.4, 0.5) is 5.69 Å². The number of fused-ring (bicyclic) bond motifs is 1. The SMILES string of the molecule is CN(Cc1ccccc1)C(=O)CCNc1ccc2c(c1)OCCO2. The van der Waals surface area contributed by atoms with Crippen LogP contribution in [0.15, 0.2) is 48.5 Å². The Morgan fingerprint density at radius 1 is 1.08 bits per heavy atom. The monoisotopic (exact) mass is 326 g/mol. The van der Waals surface area contributed by atoms with Gasteiger partial charge in [-0.2, -0.15) is 0 Å². The summed E-state index contributed by atoms with van der Waals surface area (Å²) >= 11 is 0. The molecule has 1 amide bonds. The van der Waals surface area contributed by atoms with Crippen LogP contribution in [0.1, 0.15) is 12.0 Å². The number of rotatable bonds is 6. The zero-order chi connectivity index (χ0) is 16.8. The number of carbonyl (C=O) groups is 1. The van der Waals surface area contributed by atoms with Gasteiger partial charge in [0.25, 0.3) is 0 Å². The Bertz CT molecular complexity index is 688. The molecule has 5 nitrogen and oxygen atoms in total. The van der Waals surface area contributed by atoms with Crippen LogP contribution in [-0.4, -0.2) is 37.6 Å². The van der Waals surface area contributed by atoms with E-state index in [1.54, 1.807) is 4.90 Å². The topological polar surface area (TPSA) is 50.8 Å². The molecule has 0 aliphatic carbocycles. The lowest BCUT2D eigenvalue weighted by Gasteiger charge is -2.20. The summed E-state index contributed by atoms with van der Waals surface area (Å²) in [5.74, 6) is 1.63. The molecule has 1 N–H and O–H groups in total. The molecule has 0 unspecified atom stereocenters. The molecule has 126 valence electrons. The van der Waals surface area contributed by atoms with Crippen LogP contribution in [0, 0.1) is 0 Å². The van der Waals surface area contributed by atoms with E-state index in [4.69, 9.17) is 9.47 Å². The van der Waals surface area contributed by atoms with Gasteiger partial charge in [-0.1, -0.05) is 30.3 Å². The fourth-order valence-corrected chi connectivity index (χ4v) is 2.60. The van der Waals surface area contributed by atoms with Crippen molar-refractivity contribution < 1.29 is 14.3 Å². The molecule has 3 rings (SSSR count). The molecule has 0 aromatic heterocycles. The van der Waals surface area contributed by atoms with E-state index in [2.05, 4.69) is 5.32 Å². The standard InChI is InChI=1S/C19H22N2O3/c1-21(14-15-5-3-2-4-6-15)19(22)9-10-20-16-7-8-17-18(13-16)24-12-11-23-17/h2-8,13,20H,9-12,14H2,1H3. The number of carbonyl (C=O) groups excluding carboxylic acids is 1. The zero-order valence-electron chi connectivity index (χ0n) is 13.8. The third-order valence-electron chi connectivity index (χ3n) is 3.90. The van der Waals surface area contributed by atoms with Gasteiger partial charge in [-0.15, -0.1) is 0 Å². The predicted octanol–water partition coefficient (Wildman–Crippen LogP) is 2.92. The molecule has 0 atom stereocenters. The minimum Gasteiger partial charge on any atom is -0.486 e. The molecule has 2 aromatic carbocycles. The maximum atomic E-state index is 12.2. The Morgan fingerprint density at radius 2 is 1.83 bits per heavy atom. The minimum absolute atomic E-state index is 0.115. The molecule has 0 bridgehead atoms. The van der Waals surface area contributed by atoms with E-state index in [9.17, 15) is 4.79 Å². The molecule has 2 aromatic rings. The number of nitrogens with one attached hydrogen (secondary N) is 1. The maximum absolute atomic E-state index is 12.2. The van der Waals surface area contributed by atoms with Gasteiger partial charge < -0.3 is 19.7 Å². The Kier molecular flexibility index (Phi) is 5.21. The predicted molar refractivity (Wildman–Crippen MR) is 93.5 cm³/mol. The van der Waals surface area contributed by atoms with Gasteiger partial charge in [0.05, 0.1) is 0 Å². The third kappa shape index (κ3) is 4.19. The number of benzene rings is 2. The van der Waals surface area contributed by atoms with E-state index in [0.717, 1.165) is 22.7 Å². The van der Waals surface area contributed by atoms with Crippen molar-refractivity contribution in [1.29, 1.82) is 0 Å². The molecule has 0 saturated carbocycles. The Labute approximate surface area is 142 Å². The summed E-state index contributed by atoms with van der Waals surface area (Å²) in [6.45, 7) is 2.36. The highest BCUT2D eigenvalue weighted by molar-refractivity contribution is 5.76. The van der Waals surface area contributed by atoms with Gasteiger partial charge in [-0.05, 0) is 17.7 Å². The molecular formula is C19H22N2O3. The normalized spacial score (nSPS) is 12.5. The Balaban J connectivity index is 1.46. The highest BCUT2D eigenvalue weighted by Crippen LogP contribution is 2.32. The highest BCUT2D eigenvalue weighted by Gasteiger charge is 2.12. The van der Waals surface area contributed by atoms with E-state index >= 15 is 0 Å². The second-order valence-corrected chi connectivity index (χ2v) is 5.77. The van der Waals surface area contributed by atoms with Crippen LogP contribution >= 0.6 is 0 Å². The van der Waals surface area contributed by atoms with Crippen molar-refractivity contribution in [2.24, 2.45) is 0 Å². The maximum Gasteiger partial charge on any atom is 0.224 e. The van der Waals surface area contributed by atoms with E-state index in [-0.39, 0.29) is 5.91 Å². The van der Waals surface area contributed by atoms with Gasteiger partial charge in [0.15, 0.2) is 11.5 Å². The molecule has 0 radical (unpaired) electrons. The second-order valence-electron chi connectivity index (χ2n) is 5.77. The first-order chi connectivity index (χ1) is 11.7. The smallest absolute Gasteiger partial charge is 0.224 e. The van der Waals surface area contributed by atoms with Crippen molar-refractivity contribution in [2.75, 3.05) is 32.1 Å². The van der Waals surface area contributed by atoms with E-state index in [1.165, 1.54) is 0 Å². The largest absolute Gasteiger partial charge is 0.486 e. The fraction of sp³-hybridized carbons (Fsp3) is 0.316.